The number of amides is 5. The Bertz CT molecular complexity index is 1880. The van der Waals surface area contributed by atoms with Gasteiger partial charge in [0.05, 0.1) is 18.5 Å². The van der Waals surface area contributed by atoms with E-state index in [0.717, 1.165) is 22.0 Å². The van der Waals surface area contributed by atoms with Gasteiger partial charge in [0.1, 0.15) is 18.4 Å². The molecular weight excluding hydrogens is 632 g/mol. The van der Waals surface area contributed by atoms with E-state index in [1.807, 2.05) is 85.7 Å². The third kappa shape index (κ3) is 8.34. The monoisotopic (exact) mass is 676 g/mol. The zero-order valence-corrected chi connectivity index (χ0v) is 28.7. The molecule has 11 heteroatoms. The van der Waals surface area contributed by atoms with Gasteiger partial charge in [0.15, 0.2) is 0 Å². The predicted molar refractivity (Wildman–Crippen MR) is 195 cm³/mol. The Balaban J connectivity index is 1.20. The van der Waals surface area contributed by atoms with Crippen LogP contribution in [0.5, 0.6) is 5.75 Å². The molecule has 2 aliphatic rings. The van der Waals surface area contributed by atoms with Crippen LogP contribution in [-0.4, -0.2) is 92.5 Å². The molecule has 0 aliphatic carbocycles. The molecule has 6 rings (SSSR count). The summed E-state index contributed by atoms with van der Waals surface area (Å²) in [6, 6.07) is 26.5. The summed E-state index contributed by atoms with van der Waals surface area (Å²) in [5, 5.41) is 11.1. The zero-order chi connectivity index (χ0) is 35.2. The molecule has 1 fully saturated rings. The molecule has 3 atom stereocenters. The second kappa shape index (κ2) is 15.3. The van der Waals surface area contributed by atoms with Crippen molar-refractivity contribution in [3.05, 3.63) is 102 Å². The Morgan fingerprint density at radius 3 is 2.52 bits per heavy atom. The number of nitrogens with one attached hydrogen (secondary N) is 3. The Morgan fingerprint density at radius 2 is 1.70 bits per heavy atom. The van der Waals surface area contributed by atoms with Crippen molar-refractivity contribution in [1.29, 1.82) is 0 Å². The first-order chi connectivity index (χ1) is 24.1. The van der Waals surface area contributed by atoms with E-state index in [9.17, 15) is 19.2 Å². The number of nitrogens with zero attached hydrogens (tertiary/aromatic N) is 3. The molecule has 0 saturated carbocycles. The number of hydrogen-bond acceptors (Lipinski definition) is 6. The van der Waals surface area contributed by atoms with Crippen LogP contribution in [0.1, 0.15) is 35.2 Å². The first kappa shape index (κ1) is 34.3. The third-order valence-electron chi connectivity index (χ3n) is 9.32. The molecule has 2 heterocycles. The highest BCUT2D eigenvalue weighted by atomic mass is 16.5. The Hall–Kier alpha value is -5.58. The van der Waals surface area contributed by atoms with E-state index in [-0.39, 0.29) is 55.4 Å². The van der Waals surface area contributed by atoms with Crippen molar-refractivity contribution in [2.24, 2.45) is 0 Å². The van der Waals surface area contributed by atoms with Crippen LogP contribution >= 0.6 is 0 Å². The number of anilines is 2. The van der Waals surface area contributed by atoms with E-state index in [1.165, 1.54) is 0 Å². The maximum atomic E-state index is 14.3. The Labute approximate surface area is 292 Å². The fourth-order valence-corrected chi connectivity index (χ4v) is 6.67. The minimum atomic E-state index is -0.823. The van der Waals surface area contributed by atoms with Gasteiger partial charge in [-0.2, -0.15) is 0 Å². The number of hydrogen-bond donors (Lipinski definition) is 3. The molecule has 0 aromatic heterocycles. The first-order valence-corrected chi connectivity index (χ1v) is 17.0. The summed E-state index contributed by atoms with van der Waals surface area (Å²) in [7, 11) is 5.59. The molecule has 4 aromatic carbocycles. The summed E-state index contributed by atoms with van der Waals surface area (Å²) >= 11 is 0. The molecule has 0 radical (unpaired) electrons. The molecule has 5 amide bonds. The van der Waals surface area contributed by atoms with E-state index < -0.39 is 6.04 Å². The smallest absolute Gasteiger partial charge is 0.319 e. The molecular formula is C39H44N6O5. The highest BCUT2D eigenvalue weighted by Gasteiger charge is 2.39. The van der Waals surface area contributed by atoms with Gasteiger partial charge in [0.2, 0.25) is 11.8 Å². The average Bonchev–Trinajstić information content (AvgIpc) is 3.51. The number of fused-ring (bicyclic) bond motifs is 4. The highest BCUT2D eigenvalue weighted by molar-refractivity contribution is 5.94. The van der Waals surface area contributed by atoms with Crippen LogP contribution in [0.4, 0.5) is 16.2 Å². The summed E-state index contributed by atoms with van der Waals surface area (Å²) in [6.45, 7) is 0.812. The van der Waals surface area contributed by atoms with Crippen LogP contribution in [0.3, 0.4) is 0 Å². The van der Waals surface area contributed by atoms with Crippen molar-refractivity contribution in [3.63, 3.8) is 0 Å². The van der Waals surface area contributed by atoms with Crippen LogP contribution < -0.4 is 25.6 Å². The summed E-state index contributed by atoms with van der Waals surface area (Å²) in [4.78, 5) is 59.4. The first-order valence-electron chi connectivity index (χ1n) is 17.0. The van der Waals surface area contributed by atoms with Gasteiger partial charge in [-0.1, -0.05) is 54.6 Å². The molecule has 0 unspecified atom stereocenters. The fraction of sp³-hybridized carbons (Fsp3) is 0.333. The molecule has 260 valence electrons. The number of benzene rings is 4. The van der Waals surface area contributed by atoms with Crippen LogP contribution in [-0.2, 0) is 16.0 Å². The zero-order valence-electron chi connectivity index (χ0n) is 28.7. The molecule has 3 N–H and O–H groups in total. The van der Waals surface area contributed by atoms with Crippen LogP contribution in [0.15, 0.2) is 91.0 Å². The van der Waals surface area contributed by atoms with Crippen molar-refractivity contribution < 1.29 is 23.9 Å². The summed E-state index contributed by atoms with van der Waals surface area (Å²) in [5.74, 6) is -0.137. The van der Waals surface area contributed by atoms with Gasteiger partial charge >= 0.3 is 6.03 Å². The quantitative estimate of drug-likeness (QED) is 0.273. The highest BCUT2D eigenvalue weighted by Crippen LogP contribution is 2.25. The lowest BCUT2D eigenvalue weighted by Gasteiger charge is -2.30. The van der Waals surface area contributed by atoms with Crippen molar-refractivity contribution in [2.45, 2.75) is 43.8 Å². The van der Waals surface area contributed by atoms with Crippen LogP contribution in [0.2, 0.25) is 0 Å². The Kier molecular flexibility index (Phi) is 10.5. The molecule has 4 aromatic rings. The van der Waals surface area contributed by atoms with Gasteiger partial charge in [-0.3, -0.25) is 14.4 Å². The molecule has 11 nitrogen and oxygen atoms in total. The largest absolute Gasteiger partial charge is 0.491 e. The SMILES string of the molecule is CN1CCC[C@H](NC(=O)Cc2ccc3ccccc3c2)C(=O)N2C[C@@H](NC(=O)Nc3cccc(N(C)C)c3)C[C@H]2COc2cccc(c2)C1=O. The van der Waals surface area contributed by atoms with Crippen LogP contribution in [0.25, 0.3) is 10.8 Å². The normalized spacial score (nSPS) is 19.6. The molecule has 2 aliphatic heterocycles. The van der Waals surface area contributed by atoms with Crippen molar-refractivity contribution in [2.75, 3.05) is 51.1 Å². The third-order valence-corrected chi connectivity index (χ3v) is 9.32. The van der Waals surface area contributed by atoms with Gasteiger partial charge in [-0.25, -0.2) is 4.79 Å². The van der Waals surface area contributed by atoms with Gasteiger partial charge in [-0.05, 0) is 72.0 Å². The number of urea groups is 1. The minimum Gasteiger partial charge on any atom is -0.491 e. The molecule has 50 heavy (non-hydrogen) atoms. The standard InChI is InChI=1S/C39H44N6O5/c1-43(2)32-13-7-12-30(22-32)40-39(49)41-31-23-33-25-50-34-14-6-11-29(21-34)37(47)44(3)18-8-15-35(38(48)45(33)24-31)42-36(46)20-26-16-17-27-9-4-5-10-28(27)19-26/h4-7,9-14,16-17,19,21-22,31,33,35H,8,15,18,20,23-25H2,1-3H3,(H,42,46)(H2,40,41,49)/t31-,33-,35-/m0/s1. The number of carbonyl (C=O) groups is 4. The van der Waals surface area contributed by atoms with E-state index in [0.29, 0.717) is 42.8 Å². The van der Waals surface area contributed by atoms with Gasteiger partial charge in [0.25, 0.3) is 5.91 Å². The van der Waals surface area contributed by atoms with E-state index in [2.05, 4.69) is 16.0 Å². The topological polar surface area (TPSA) is 123 Å². The lowest BCUT2D eigenvalue weighted by atomic mass is 10.0. The molecule has 0 spiro atoms. The Morgan fingerprint density at radius 1 is 0.900 bits per heavy atom. The van der Waals surface area contributed by atoms with Gasteiger partial charge < -0.3 is 35.4 Å². The fourth-order valence-electron chi connectivity index (χ4n) is 6.67. The number of carbonyl (C=O) groups excluding carboxylic acids is 4. The second-order valence-electron chi connectivity index (χ2n) is 13.3. The van der Waals surface area contributed by atoms with Crippen LogP contribution in [0, 0.1) is 0 Å². The predicted octanol–water partition coefficient (Wildman–Crippen LogP) is 4.67. The van der Waals surface area contributed by atoms with Gasteiger partial charge in [-0.15, -0.1) is 0 Å². The minimum absolute atomic E-state index is 0.119. The van der Waals surface area contributed by atoms with Gasteiger partial charge in [0, 0.05) is 51.2 Å². The molecule has 2 bridgehead atoms. The summed E-state index contributed by atoms with van der Waals surface area (Å²) < 4.78 is 6.17. The number of ether oxygens (including phenoxy) is 1. The van der Waals surface area contributed by atoms with E-state index in [4.69, 9.17) is 4.74 Å². The average molecular weight is 677 g/mol. The van der Waals surface area contributed by atoms with E-state index in [1.54, 1.807) is 41.1 Å². The number of rotatable bonds is 6. The lowest BCUT2D eigenvalue weighted by molar-refractivity contribution is -0.137. The molecule has 1 saturated heterocycles. The van der Waals surface area contributed by atoms with Crippen molar-refractivity contribution in [3.8, 4) is 5.75 Å². The second-order valence-corrected chi connectivity index (χ2v) is 13.3. The maximum Gasteiger partial charge on any atom is 0.319 e. The summed E-state index contributed by atoms with van der Waals surface area (Å²) in [6.07, 6.45) is 1.41. The lowest BCUT2D eigenvalue weighted by Crippen LogP contribution is -2.52. The maximum absolute atomic E-state index is 14.3. The van der Waals surface area contributed by atoms with Crippen molar-refractivity contribution in [1.82, 2.24) is 20.4 Å². The van der Waals surface area contributed by atoms with E-state index >= 15 is 0 Å². The van der Waals surface area contributed by atoms with Crippen molar-refractivity contribution >= 4 is 45.9 Å². The summed E-state index contributed by atoms with van der Waals surface area (Å²) in [5.41, 5.74) is 2.96.